The van der Waals surface area contributed by atoms with Crippen LogP contribution in [0.2, 0.25) is 0 Å². The van der Waals surface area contributed by atoms with Gasteiger partial charge < -0.3 is 10.6 Å². The number of benzene rings is 1. The number of hydrogen-bond acceptors (Lipinski definition) is 5. The molecular formula is C16H21IN4O2S2. The van der Waals surface area contributed by atoms with Gasteiger partial charge in [0.05, 0.1) is 23.7 Å². The van der Waals surface area contributed by atoms with E-state index in [9.17, 15) is 8.42 Å². The van der Waals surface area contributed by atoms with Gasteiger partial charge >= 0.3 is 0 Å². The number of halogens is 1. The van der Waals surface area contributed by atoms with E-state index in [1.54, 1.807) is 18.4 Å². The highest BCUT2D eigenvalue weighted by Gasteiger charge is 2.28. The Kier molecular flexibility index (Phi) is 7.20. The molecule has 3 rings (SSSR count). The molecule has 0 spiro atoms. The summed E-state index contributed by atoms with van der Waals surface area (Å²) in [5.74, 6) is 1.02. The van der Waals surface area contributed by atoms with Crippen LogP contribution >= 0.6 is 35.3 Å². The minimum Gasteiger partial charge on any atom is -0.353 e. The molecule has 0 aliphatic carbocycles. The average molecular weight is 492 g/mol. The second-order valence-electron chi connectivity index (χ2n) is 5.68. The maximum atomic E-state index is 11.5. The Morgan fingerprint density at radius 2 is 2.12 bits per heavy atom. The van der Waals surface area contributed by atoms with Crippen molar-refractivity contribution >= 4 is 51.1 Å². The number of hydrogen-bond donors (Lipinski definition) is 2. The van der Waals surface area contributed by atoms with Gasteiger partial charge in [0, 0.05) is 24.0 Å². The smallest absolute Gasteiger partial charge is 0.191 e. The Labute approximate surface area is 169 Å². The van der Waals surface area contributed by atoms with Crippen LogP contribution in [0.15, 0.2) is 40.7 Å². The van der Waals surface area contributed by atoms with E-state index in [4.69, 9.17) is 0 Å². The summed E-state index contributed by atoms with van der Waals surface area (Å²) in [6, 6.07) is 9.98. The summed E-state index contributed by atoms with van der Waals surface area (Å²) in [7, 11) is -1.22. The summed E-state index contributed by atoms with van der Waals surface area (Å²) in [5.41, 5.74) is 2.04. The third-order valence-electron chi connectivity index (χ3n) is 3.81. The van der Waals surface area contributed by atoms with Gasteiger partial charge in [-0.05, 0) is 6.42 Å². The first-order chi connectivity index (χ1) is 11.6. The molecule has 0 bridgehead atoms. The fourth-order valence-corrected chi connectivity index (χ4v) is 5.07. The van der Waals surface area contributed by atoms with E-state index < -0.39 is 9.84 Å². The minimum atomic E-state index is -2.90. The van der Waals surface area contributed by atoms with Crippen molar-refractivity contribution < 1.29 is 8.42 Å². The van der Waals surface area contributed by atoms with Gasteiger partial charge in [0.25, 0.3) is 0 Å². The standard InChI is InChI=1S/C16H20N4O2S2.HI/c1-17-16(20-13-7-8-24(21,22)11-13)18-9-14-10-23-15(19-14)12-5-3-2-4-6-12;/h2-6,10,13H,7-9,11H2,1H3,(H2,17,18,20);1H. The molecule has 1 aromatic carbocycles. The van der Waals surface area contributed by atoms with Crippen LogP contribution in [0.1, 0.15) is 12.1 Å². The Morgan fingerprint density at radius 3 is 2.76 bits per heavy atom. The van der Waals surface area contributed by atoms with Crippen LogP contribution in [0.3, 0.4) is 0 Å². The molecule has 0 amide bonds. The van der Waals surface area contributed by atoms with Crippen LogP contribution in [-0.4, -0.2) is 44.0 Å². The molecule has 2 N–H and O–H groups in total. The molecule has 1 aromatic heterocycles. The largest absolute Gasteiger partial charge is 0.353 e. The molecular weight excluding hydrogens is 471 g/mol. The minimum absolute atomic E-state index is 0. The predicted molar refractivity (Wildman–Crippen MR) is 113 cm³/mol. The monoisotopic (exact) mass is 492 g/mol. The van der Waals surface area contributed by atoms with E-state index in [0.717, 1.165) is 16.3 Å². The van der Waals surface area contributed by atoms with Crippen molar-refractivity contribution in [1.82, 2.24) is 15.6 Å². The van der Waals surface area contributed by atoms with E-state index in [-0.39, 0.29) is 41.5 Å². The molecule has 6 nitrogen and oxygen atoms in total. The van der Waals surface area contributed by atoms with Crippen molar-refractivity contribution in [3.8, 4) is 10.6 Å². The van der Waals surface area contributed by atoms with Crippen molar-refractivity contribution in [3.05, 3.63) is 41.4 Å². The Bertz CT molecular complexity index is 822. The van der Waals surface area contributed by atoms with Crippen LogP contribution in [-0.2, 0) is 16.4 Å². The fourth-order valence-electron chi connectivity index (χ4n) is 2.57. The molecule has 1 fully saturated rings. The summed E-state index contributed by atoms with van der Waals surface area (Å²) in [6.45, 7) is 0.544. The van der Waals surface area contributed by atoms with Gasteiger partial charge in [-0.25, -0.2) is 13.4 Å². The van der Waals surface area contributed by atoms with Gasteiger partial charge in [-0.1, -0.05) is 30.3 Å². The normalized spacial score (nSPS) is 19.2. The average Bonchev–Trinajstić information content (AvgIpc) is 3.18. The predicted octanol–water partition coefficient (Wildman–Crippen LogP) is 2.28. The van der Waals surface area contributed by atoms with Crippen molar-refractivity contribution in [2.24, 2.45) is 4.99 Å². The topological polar surface area (TPSA) is 83.4 Å². The molecule has 1 saturated heterocycles. The molecule has 1 unspecified atom stereocenters. The van der Waals surface area contributed by atoms with Crippen LogP contribution in [0.5, 0.6) is 0 Å². The lowest BCUT2D eigenvalue weighted by Crippen LogP contribution is -2.43. The quantitative estimate of drug-likeness (QED) is 0.389. The summed E-state index contributed by atoms with van der Waals surface area (Å²) in [5, 5.41) is 9.36. The number of aromatic nitrogens is 1. The van der Waals surface area contributed by atoms with Crippen molar-refractivity contribution in [2.45, 2.75) is 19.0 Å². The van der Waals surface area contributed by atoms with Gasteiger partial charge in [-0.3, -0.25) is 4.99 Å². The molecule has 1 aliphatic rings. The lowest BCUT2D eigenvalue weighted by Gasteiger charge is -2.15. The van der Waals surface area contributed by atoms with Gasteiger partial charge in [-0.2, -0.15) is 0 Å². The van der Waals surface area contributed by atoms with E-state index in [0.29, 0.717) is 18.9 Å². The first-order valence-electron chi connectivity index (χ1n) is 7.73. The summed E-state index contributed by atoms with van der Waals surface area (Å²) < 4.78 is 23.0. The summed E-state index contributed by atoms with van der Waals surface area (Å²) in [6.07, 6.45) is 0.623. The third kappa shape index (κ3) is 5.65. The van der Waals surface area contributed by atoms with Gasteiger partial charge in [0.1, 0.15) is 5.01 Å². The van der Waals surface area contributed by atoms with E-state index in [1.165, 1.54) is 0 Å². The molecule has 2 aromatic rings. The molecule has 136 valence electrons. The van der Waals surface area contributed by atoms with Crippen LogP contribution in [0.4, 0.5) is 0 Å². The number of nitrogens with one attached hydrogen (secondary N) is 2. The molecule has 1 atom stereocenters. The lowest BCUT2D eigenvalue weighted by atomic mass is 10.2. The highest BCUT2D eigenvalue weighted by atomic mass is 127. The maximum Gasteiger partial charge on any atom is 0.191 e. The molecule has 2 heterocycles. The third-order valence-corrected chi connectivity index (χ3v) is 6.51. The van der Waals surface area contributed by atoms with Crippen molar-refractivity contribution in [1.29, 1.82) is 0 Å². The summed E-state index contributed by atoms with van der Waals surface area (Å²) >= 11 is 1.60. The van der Waals surface area contributed by atoms with Gasteiger partial charge in [0.15, 0.2) is 15.8 Å². The number of sulfone groups is 1. The number of thiazole rings is 1. The number of guanidine groups is 1. The van der Waals surface area contributed by atoms with Crippen molar-refractivity contribution in [3.63, 3.8) is 0 Å². The molecule has 25 heavy (non-hydrogen) atoms. The molecule has 9 heteroatoms. The first kappa shape index (κ1) is 20.1. The number of nitrogens with zero attached hydrogens (tertiary/aromatic N) is 2. The second kappa shape index (κ2) is 8.95. The Balaban J connectivity index is 0.00000225. The zero-order chi connectivity index (χ0) is 17.0. The number of rotatable bonds is 4. The Hall–Kier alpha value is -1.20. The van der Waals surface area contributed by atoms with Gasteiger partial charge in [0.2, 0.25) is 0 Å². The highest BCUT2D eigenvalue weighted by molar-refractivity contribution is 14.0. The van der Waals surface area contributed by atoms with E-state index in [1.807, 2.05) is 35.7 Å². The lowest BCUT2D eigenvalue weighted by molar-refractivity contribution is 0.599. The van der Waals surface area contributed by atoms with E-state index in [2.05, 4.69) is 20.6 Å². The second-order valence-corrected chi connectivity index (χ2v) is 8.77. The number of aliphatic imine (C=N–C) groups is 1. The van der Waals surface area contributed by atoms with Gasteiger partial charge in [-0.15, -0.1) is 35.3 Å². The molecule has 1 aliphatic heterocycles. The fraction of sp³-hybridized carbons (Fsp3) is 0.375. The molecule has 0 radical (unpaired) electrons. The van der Waals surface area contributed by atoms with E-state index >= 15 is 0 Å². The van der Waals surface area contributed by atoms with Crippen LogP contribution in [0.25, 0.3) is 10.6 Å². The SMILES string of the molecule is CN=C(NCc1csc(-c2ccccc2)n1)NC1CCS(=O)(=O)C1.I. The van der Waals surface area contributed by atoms with Crippen LogP contribution < -0.4 is 10.6 Å². The summed E-state index contributed by atoms with van der Waals surface area (Å²) in [4.78, 5) is 8.77. The zero-order valence-corrected chi connectivity index (χ0v) is 17.8. The highest BCUT2D eigenvalue weighted by Crippen LogP contribution is 2.23. The van der Waals surface area contributed by atoms with Crippen LogP contribution in [0, 0.1) is 0 Å². The maximum absolute atomic E-state index is 11.5. The van der Waals surface area contributed by atoms with Crippen molar-refractivity contribution in [2.75, 3.05) is 18.6 Å². The Morgan fingerprint density at radius 1 is 1.36 bits per heavy atom. The zero-order valence-electron chi connectivity index (χ0n) is 13.8. The first-order valence-corrected chi connectivity index (χ1v) is 10.4. The molecule has 0 saturated carbocycles.